The van der Waals surface area contributed by atoms with Gasteiger partial charge in [-0.2, -0.15) is 13.5 Å². The van der Waals surface area contributed by atoms with Crippen LogP contribution in [0.3, 0.4) is 0 Å². The van der Waals surface area contributed by atoms with Gasteiger partial charge in [0.15, 0.2) is 0 Å². The van der Waals surface area contributed by atoms with Gasteiger partial charge in [-0.15, -0.1) is 0 Å². The van der Waals surface area contributed by atoms with Gasteiger partial charge in [-0.05, 0) is 27.7 Å². The van der Waals surface area contributed by atoms with Crippen molar-refractivity contribution in [3.05, 3.63) is 0 Å². The standard InChI is InChI=1S/C6H14O2.H2S/c1-5(2,7)6(3,4)8;/h7-8H,1-4H3;1H2. The van der Waals surface area contributed by atoms with E-state index in [1.165, 1.54) is 0 Å². The Balaban J connectivity index is 0. The summed E-state index contributed by atoms with van der Waals surface area (Å²) in [6.07, 6.45) is 0. The molecule has 0 aliphatic carbocycles. The third-order valence-corrected chi connectivity index (χ3v) is 1.50. The topological polar surface area (TPSA) is 40.5 Å². The summed E-state index contributed by atoms with van der Waals surface area (Å²) in [6.45, 7) is 6.31. The van der Waals surface area contributed by atoms with Crippen LogP contribution < -0.4 is 0 Å². The third-order valence-electron chi connectivity index (χ3n) is 1.50. The van der Waals surface area contributed by atoms with E-state index in [4.69, 9.17) is 10.2 Å². The Kier molecular flexibility index (Phi) is 3.87. The second-order valence-corrected chi connectivity index (χ2v) is 3.12. The SMILES string of the molecule is CC(C)(O)C(C)(C)O.S. The Morgan fingerprint density at radius 1 is 0.778 bits per heavy atom. The predicted molar refractivity (Wildman–Crippen MR) is 43.0 cm³/mol. The Labute approximate surface area is 63.3 Å². The average Bonchev–Trinajstić information content (AvgIpc) is 1.25. The molecule has 3 heteroatoms. The van der Waals surface area contributed by atoms with Crippen molar-refractivity contribution in [3.63, 3.8) is 0 Å². The van der Waals surface area contributed by atoms with Crippen LogP contribution in [0.4, 0.5) is 0 Å². The molecule has 0 aliphatic rings. The predicted octanol–water partition coefficient (Wildman–Crippen LogP) is 0.641. The van der Waals surface area contributed by atoms with Gasteiger partial charge < -0.3 is 10.2 Å². The summed E-state index contributed by atoms with van der Waals surface area (Å²) >= 11 is 0. The van der Waals surface area contributed by atoms with Crippen molar-refractivity contribution in [2.24, 2.45) is 0 Å². The quantitative estimate of drug-likeness (QED) is 0.579. The van der Waals surface area contributed by atoms with E-state index >= 15 is 0 Å². The van der Waals surface area contributed by atoms with E-state index in [2.05, 4.69) is 0 Å². The van der Waals surface area contributed by atoms with Crippen LogP contribution in [0.15, 0.2) is 0 Å². The summed E-state index contributed by atoms with van der Waals surface area (Å²) in [5.41, 5.74) is -2.01. The zero-order valence-corrected chi connectivity index (χ0v) is 7.39. The molecule has 0 radical (unpaired) electrons. The lowest BCUT2D eigenvalue weighted by molar-refractivity contribution is -0.107. The molecule has 0 aromatic heterocycles. The van der Waals surface area contributed by atoms with Crippen LogP contribution in [0.5, 0.6) is 0 Å². The molecule has 2 N–H and O–H groups in total. The molecular formula is C6H16O2S. The molecule has 0 aromatic carbocycles. The summed E-state index contributed by atoms with van der Waals surface area (Å²) in [7, 11) is 0. The summed E-state index contributed by atoms with van der Waals surface area (Å²) in [5, 5.41) is 18.2. The Bertz CT molecular complexity index is 66.0. The Morgan fingerprint density at radius 3 is 0.889 bits per heavy atom. The lowest BCUT2D eigenvalue weighted by atomic mass is 9.90. The molecule has 0 saturated heterocycles. The van der Waals surface area contributed by atoms with E-state index in [0.29, 0.717) is 0 Å². The molecule has 58 valence electrons. The molecule has 9 heavy (non-hydrogen) atoms. The van der Waals surface area contributed by atoms with Crippen molar-refractivity contribution in [3.8, 4) is 0 Å². The minimum atomic E-state index is -1.01. The summed E-state index contributed by atoms with van der Waals surface area (Å²) in [5.74, 6) is 0. The van der Waals surface area contributed by atoms with E-state index in [1.54, 1.807) is 27.7 Å². The maximum Gasteiger partial charge on any atom is 0.0872 e. The van der Waals surface area contributed by atoms with Gasteiger partial charge in [0.25, 0.3) is 0 Å². The summed E-state index contributed by atoms with van der Waals surface area (Å²) in [4.78, 5) is 0. The second kappa shape index (κ2) is 2.90. The van der Waals surface area contributed by atoms with Crippen molar-refractivity contribution in [1.29, 1.82) is 0 Å². The first-order chi connectivity index (χ1) is 3.25. The van der Waals surface area contributed by atoms with Crippen LogP contribution in [0.25, 0.3) is 0 Å². The van der Waals surface area contributed by atoms with E-state index in [9.17, 15) is 0 Å². The van der Waals surface area contributed by atoms with Gasteiger partial charge in [-0.1, -0.05) is 0 Å². The minimum absolute atomic E-state index is 0. The molecular weight excluding hydrogens is 136 g/mol. The van der Waals surface area contributed by atoms with Gasteiger partial charge in [-0.3, -0.25) is 0 Å². The molecule has 0 atom stereocenters. The van der Waals surface area contributed by atoms with Crippen molar-refractivity contribution in [2.45, 2.75) is 38.9 Å². The highest BCUT2D eigenvalue weighted by Crippen LogP contribution is 2.18. The highest BCUT2D eigenvalue weighted by Gasteiger charge is 2.31. The highest BCUT2D eigenvalue weighted by atomic mass is 32.1. The molecule has 0 rings (SSSR count). The first kappa shape index (κ1) is 12.0. The minimum Gasteiger partial charge on any atom is -0.387 e. The van der Waals surface area contributed by atoms with Crippen LogP contribution in [0, 0.1) is 0 Å². The number of hydrogen-bond donors (Lipinski definition) is 2. The second-order valence-electron chi connectivity index (χ2n) is 3.12. The van der Waals surface area contributed by atoms with Gasteiger partial charge in [0.2, 0.25) is 0 Å². The van der Waals surface area contributed by atoms with Crippen LogP contribution in [-0.4, -0.2) is 21.4 Å². The molecule has 0 spiro atoms. The van der Waals surface area contributed by atoms with Gasteiger partial charge in [0.05, 0.1) is 11.2 Å². The first-order valence-electron chi connectivity index (χ1n) is 2.70. The van der Waals surface area contributed by atoms with E-state index in [1.807, 2.05) is 0 Å². The summed E-state index contributed by atoms with van der Waals surface area (Å²) < 4.78 is 0. The molecule has 2 nitrogen and oxygen atoms in total. The zero-order valence-electron chi connectivity index (χ0n) is 6.39. The normalized spacial score (nSPS) is 12.7. The molecule has 0 unspecified atom stereocenters. The lowest BCUT2D eigenvalue weighted by Crippen LogP contribution is -2.44. The van der Waals surface area contributed by atoms with Crippen molar-refractivity contribution in [1.82, 2.24) is 0 Å². The number of hydrogen-bond acceptors (Lipinski definition) is 2. The van der Waals surface area contributed by atoms with E-state index in [0.717, 1.165) is 0 Å². The van der Waals surface area contributed by atoms with Crippen LogP contribution in [0.1, 0.15) is 27.7 Å². The highest BCUT2D eigenvalue weighted by molar-refractivity contribution is 7.59. The molecule has 0 saturated carbocycles. The van der Waals surface area contributed by atoms with E-state index < -0.39 is 11.2 Å². The van der Waals surface area contributed by atoms with Crippen LogP contribution in [-0.2, 0) is 0 Å². The van der Waals surface area contributed by atoms with Gasteiger partial charge in [0.1, 0.15) is 0 Å². The van der Waals surface area contributed by atoms with Crippen molar-refractivity contribution >= 4 is 13.5 Å². The maximum absolute atomic E-state index is 9.10. The van der Waals surface area contributed by atoms with E-state index in [-0.39, 0.29) is 13.5 Å². The third kappa shape index (κ3) is 3.78. The fraction of sp³-hybridized carbons (Fsp3) is 1.00. The molecule has 0 heterocycles. The van der Waals surface area contributed by atoms with Crippen molar-refractivity contribution < 1.29 is 10.2 Å². The zero-order chi connectivity index (χ0) is 7.00. The largest absolute Gasteiger partial charge is 0.387 e. The fourth-order valence-electron chi connectivity index (χ4n) is 0. The molecule has 0 aromatic rings. The number of rotatable bonds is 1. The Hall–Kier alpha value is 0.270. The van der Waals surface area contributed by atoms with Gasteiger partial charge in [0, 0.05) is 0 Å². The monoisotopic (exact) mass is 152 g/mol. The van der Waals surface area contributed by atoms with Crippen molar-refractivity contribution in [2.75, 3.05) is 0 Å². The maximum atomic E-state index is 9.10. The molecule has 0 amide bonds. The fourth-order valence-corrected chi connectivity index (χ4v) is 0. The average molecular weight is 152 g/mol. The first-order valence-corrected chi connectivity index (χ1v) is 2.70. The lowest BCUT2D eigenvalue weighted by Gasteiger charge is -2.31. The Morgan fingerprint density at radius 2 is 0.889 bits per heavy atom. The van der Waals surface area contributed by atoms with Gasteiger partial charge >= 0.3 is 0 Å². The van der Waals surface area contributed by atoms with Crippen LogP contribution >= 0.6 is 13.5 Å². The number of aliphatic hydroxyl groups is 2. The molecule has 0 fully saturated rings. The molecule has 0 aliphatic heterocycles. The van der Waals surface area contributed by atoms with Gasteiger partial charge in [-0.25, -0.2) is 0 Å². The molecule has 0 bridgehead atoms. The van der Waals surface area contributed by atoms with Crippen LogP contribution in [0.2, 0.25) is 0 Å². The smallest absolute Gasteiger partial charge is 0.0872 e. The summed E-state index contributed by atoms with van der Waals surface area (Å²) in [6, 6.07) is 0.